The van der Waals surface area contributed by atoms with E-state index in [0.717, 1.165) is 10.4 Å². The Kier molecular flexibility index (Phi) is 3.84. The highest BCUT2D eigenvalue weighted by atomic mass is 32.2. The summed E-state index contributed by atoms with van der Waals surface area (Å²) < 4.78 is 64.7. The first-order chi connectivity index (χ1) is 8.84. The van der Waals surface area contributed by atoms with E-state index in [0.29, 0.717) is 18.9 Å². The number of halogens is 3. The van der Waals surface area contributed by atoms with Gasteiger partial charge in [-0.1, -0.05) is 0 Å². The van der Waals surface area contributed by atoms with Gasteiger partial charge in [0, 0.05) is 19.1 Å². The Morgan fingerprint density at radius 1 is 1.11 bits per heavy atom. The standard InChI is InChI=1S/C11H13F3N2O2S/c12-8-1-2-9(11(14)10(8)13)19(17,18)16-5-3-7(15)4-6-16/h1-2,7H,3-6,15H2. The molecule has 0 amide bonds. The van der Waals surface area contributed by atoms with Crippen LogP contribution in [0.5, 0.6) is 0 Å². The molecule has 19 heavy (non-hydrogen) atoms. The van der Waals surface area contributed by atoms with Crippen molar-refractivity contribution >= 4 is 10.0 Å². The van der Waals surface area contributed by atoms with E-state index < -0.39 is 32.4 Å². The van der Waals surface area contributed by atoms with Gasteiger partial charge in [-0.25, -0.2) is 21.6 Å². The lowest BCUT2D eigenvalue weighted by Gasteiger charge is -2.29. The van der Waals surface area contributed by atoms with Gasteiger partial charge in [-0.15, -0.1) is 0 Å². The van der Waals surface area contributed by atoms with Gasteiger partial charge in [0.2, 0.25) is 10.0 Å². The first-order valence-corrected chi connectivity index (χ1v) is 7.17. The van der Waals surface area contributed by atoms with E-state index in [9.17, 15) is 21.6 Å². The fraction of sp³-hybridized carbons (Fsp3) is 0.455. The summed E-state index contributed by atoms with van der Waals surface area (Å²) in [6.45, 7) is 0.282. The zero-order valence-electron chi connectivity index (χ0n) is 9.94. The van der Waals surface area contributed by atoms with Gasteiger partial charge in [-0.05, 0) is 25.0 Å². The summed E-state index contributed by atoms with van der Waals surface area (Å²) >= 11 is 0. The molecule has 0 bridgehead atoms. The second-order valence-electron chi connectivity index (χ2n) is 4.42. The number of nitrogens with two attached hydrogens (primary N) is 1. The van der Waals surface area contributed by atoms with Crippen LogP contribution in [0.15, 0.2) is 17.0 Å². The highest BCUT2D eigenvalue weighted by molar-refractivity contribution is 7.89. The molecule has 1 heterocycles. The Morgan fingerprint density at radius 3 is 2.26 bits per heavy atom. The number of sulfonamides is 1. The third kappa shape index (κ3) is 2.60. The predicted molar refractivity (Wildman–Crippen MR) is 62.3 cm³/mol. The number of nitrogens with zero attached hydrogens (tertiary/aromatic N) is 1. The molecule has 1 saturated heterocycles. The number of rotatable bonds is 2. The van der Waals surface area contributed by atoms with Crippen LogP contribution in [-0.2, 0) is 10.0 Å². The first-order valence-electron chi connectivity index (χ1n) is 5.73. The van der Waals surface area contributed by atoms with E-state index in [4.69, 9.17) is 5.73 Å². The molecule has 1 fully saturated rings. The number of hydrogen-bond acceptors (Lipinski definition) is 3. The van der Waals surface area contributed by atoms with Crippen LogP contribution in [0.25, 0.3) is 0 Å². The predicted octanol–water partition coefficient (Wildman–Crippen LogP) is 1.22. The molecule has 106 valence electrons. The van der Waals surface area contributed by atoms with Gasteiger partial charge in [0.1, 0.15) is 4.90 Å². The van der Waals surface area contributed by atoms with Gasteiger partial charge >= 0.3 is 0 Å². The molecule has 0 atom stereocenters. The van der Waals surface area contributed by atoms with E-state index in [2.05, 4.69) is 0 Å². The van der Waals surface area contributed by atoms with E-state index in [-0.39, 0.29) is 19.1 Å². The van der Waals surface area contributed by atoms with Crippen molar-refractivity contribution in [2.45, 2.75) is 23.8 Å². The third-order valence-corrected chi connectivity index (χ3v) is 5.03. The molecule has 4 nitrogen and oxygen atoms in total. The monoisotopic (exact) mass is 294 g/mol. The average molecular weight is 294 g/mol. The molecule has 0 radical (unpaired) electrons. The molecule has 1 aromatic carbocycles. The maximum atomic E-state index is 13.5. The van der Waals surface area contributed by atoms with Crippen molar-refractivity contribution in [3.8, 4) is 0 Å². The summed E-state index contributed by atoms with van der Waals surface area (Å²) in [6.07, 6.45) is 0.898. The van der Waals surface area contributed by atoms with Gasteiger partial charge in [-0.2, -0.15) is 4.31 Å². The van der Waals surface area contributed by atoms with Crippen LogP contribution in [0.3, 0.4) is 0 Å². The summed E-state index contributed by atoms with van der Waals surface area (Å²) in [5.41, 5.74) is 5.65. The lowest BCUT2D eigenvalue weighted by molar-refractivity contribution is 0.318. The summed E-state index contributed by atoms with van der Waals surface area (Å²) in [4.78, 5) is -0.845. The van der Waals surface area contributed by atoms with Crippen LogP contribution >= 0.6 is 0 Å². The summed E-state index contributed by atoms with van der Waals surface area (Å²) in [6, 6.07) is 1.24. The van der Waals surface area contributed by atoms with Crippen LogP contribution in [0.4, 0.5) is 13.2 Å². The minimum Gasteiger partial charge on any atom is -0.328 e. The van der Waals surface area contributed by atoms with Crippen molar-refractivity contribution in [3.63, 3.8) is 0 Å². The third-order valence-electron chi connectivity index (χ3n) is 3.12. The zero-order chi connectivity index (χ0) is 14.2. The van der Waals surface area contributed by atoms with E-state index in [1.807, 2.05) is 0 Å². The van der Waals surface area contributed by atoms with Gasteiger partial charge in [0.25, 0.3) is 0 Å². The molecule has 0 saturated carbocycles. The molecule has 1 aliphatic heterocycles. The van der Waals surface area contributed by atoms with Crippen molar-refractivity contribution in [1.82, 2.24) is 4.31 Å². The van der Waals surface area contributed by atoms with E-state index >= 15 is 0 Å². The van der Waals surface area contributed by atoms with Crippen LogP contribution in [0.2, 0.25) is 0 Å². The largest absolute Gasteiger partial charge is 0.328 e. The van der Waals surface area contributed by atoms with E-state index in [1.54, 1.807) is 0 Å². The molecule has 2 N–H and O–H groups in total. The second kappa shape index (κ2) is 5.10. The van der Waals surface area contributed by atoms with Gasteiger partial charge in [0.15, 0.2) is 17.5 Å². The van der Waals surface area contributed by atoms with Crippen LogP contribution in [-0.4, -0.2) is 31.9 Å². The van der Waals surface area contributed by atoms with E-state index in [1.165, 1.54) is 0 Å². The van der Waals surface area contributed by atoms with Crippen LogP contribution in [0, 0.1) is 17.5 Å². The molecule has 1 aromatic rings. The van der Waals surface area contributed by atoms with Crippen molar-refractivity contribution in [3.05, 3.63) is 29.6 Å². The first kappa shape index (κ1) is 14.3. The smallest absolute Gasteiger partial charge is 0.246 e. The minimum atomic E-state index is -4.16. The molecular weight excluding hydrogens is 281 g/mol. The molecule has 0 spiro atoms. The highest BCUT2D eigenvalue weighted by Gasteiger charge is 2.32. The number of piperidine rings is 1. The van der Waals surface area contributed by atoms with Gasteiger partial charge < -0.3 is 5.73 Å². The van der Waals surface area contributed by atoms with Crippen molar-refractivity contribution in [1.29, 1.82) is 0 Å². The Labute approximate surface area is 109 Å². The maximum Gasteiger partial charge on any atom is 0.246 e. The lowest BCUT2D eigenvalue weighted by atomic mass is 10.1. The zero-order valence-corrected chi connectivity index (χ0v) is 10.8. The SMILES string of the molecule is NC1CCN(S(=O)(=O)c2ccc(F)c(F)c2F)CC1. The minimum absolute atomic E-state index is 0.0961. The van der Waals surface area contributed by atoms with Crippen molar-refractivity contribution in [2.75, 3.05) is 13.1 Å². The Morgan fingerprint density at radius 2 is 1.68 bits per heavy atom. The fourth-order valence-corrected chi connectivity index (χ4v) is 3.49. The Bertz CT molecular complexity index is 584. The molecule has 1 aliphatic rings. The summed E-state index contributed by atoms with van der Waals surface area (Å²) in [5.74, 6) is -4.89. The maximum absolute atomic E-state index is 13.5. The number of hydrogen-bond donors (Lipinski definition) is 1. The molecule has 2 rings (SSSR count). The Balaban J connectivity index is 2.38. The second-order valence-corrected chi connectivity index (χ2v) is 6.32. The molecular formula is C11H13F3N2O2S. The van der Waals surface area contributed by atoms with Crippen LogP contribution in [0.1, 0.15) is 12.8 Å². The Hall–Kier alpha value is -1.12. The van der Waals surface area contributed by atoms with Crippen molar-refractivity contribution in [2.24, 2.45) is 5.73 Å². The topological polar surface area (TPSA) is 63.4 Å². The average Bonchev–Trinajstić information content (AvgIpc) is 2.36. The van der Waals surface area contributed by atoms with Gasteiger partial charge in [0.05, 0.1) is 0 Å². The van der Waals surface area contributed by atoms with Crippen LogP contribution < -0.4 is 5.73 Å². The molecule has 8 heteroatoms. The summed E-state index contributed by atoms with van der Waals surface area (Å²) in [5, 5.41) is 0. The number of benzene rings is 1. The lowest BCUT2D eigenvalue weighted by Crippen LogP contribution is -2.43. The fourth-order valence-electron chi connectivity index (χ4n) is 1.96. The van der Waals surface area contributed by atoms with Crippen molar-refractivity contribution < 1.29 is 21.6 Å². The van der Waals surface area contributed by atoms with Gasteiger partial charge in [-0.3, -0.25) is 0 Å². The highest BCUT2D eigenvalue weighted by Crippen LogP contribution is 2.25. The molecule has 0 aromatic heterocycles. The molecule has 0 aliphatic carbocycles. The quantitative estimate of drug-likeness (QED) is 0.834. The normalized spacial score (nSPS) is 18.7. The molecule has 0 unspecified atom stereocenters. The summed E-state index contributed by atoms with van der Waals surface area (Å²) in [7, 11) is -4.16.